The molecule has 1 heterocycles. The van der Waals surface area contributed by atoms with Crippen molar-refractivity contribution in [1.82, 2.24) is 9.55 Å². The smallest absolute Gasteiger partial charge is 0.328 e. The number of benzene rings is 1. The predicted molar refractivity (Wildman–Crippen MR) is 69.0 cm³/mol. The van der Waals surface area contributed by atoms with Crippen LogP contribution < -0.4 is 17.0 Å². The van der Waals surface area contributed by atoms with Crippen LogP contribution in [0.4, 0.5) is 5.69 Å². The van der Waals surface area contributed by atoms with Crippen molar-refractivity contribution in [2.75, 3.05) is 5.73 Å². The summed E-state index contributed by atoms with van der Waals surface area (Å²) in [5.74, 6) is 0. The molecule has 0 atom stereocenters. The fraction of sp³-hybridized carbons (Fsp3) is 0.0909. The topological polar surface area (TPSA) is 80.9 Å². The number of anilines is 1. The molecule has 5 nitrogen and oxygen atoms in total. The SMILES string of the molecule is Nc1cn(Cc2cccc(Br)c2)c(=O)[nH]c1=O. The number of nitrogen functional groups attached to an aromatic ring is 1. The molecule has 0 saturated heterocycles. The number of hydrogen-bond donors (Lipinski definition) is 2. The molecule has 0 aliphatic carbocycles. The van der Waals surface area contributed by atoms with Gasteiger partial charge in [0, 0.05) is 10.7 Å². The van der Waals surface area contributed by atoms with Crippen molar-refractivity contribution >= 4 is 21.6 Å². The van der Waals surface area contributed by atoms with Gasteiger partial charge >= 0.3 is 5.69 Å². The largest absolute Gasteiger partial charge is 0.393 e. The van der Waals surface area contributed by atoms with E-state index in [-0.39, 0.29) is 5.69 Å². The third-order valence-corrected chi connectivity index (χ3v) is 2.77. The molecule has 88 valence electrons. The Balaban J connectivity index is 2.40. The molecule has 1 aromatic carbocycles. The number of aromatic amines is 1. The average molecular weight is 296 g/mol. The van der Waals surface area contributed by atoms with Crippen LogP contribution in [0.25, 0.3) is 0 Å². The van der Waals surface area contributed by atoms with E-state index < -0.39 is 11.2 Å². The van der Waals surface area contributed by atoms with Gasteiger partial charge in [0.05, 0.1) is 6.54 Å². The van der Waals surface area contributed by atoms with Crippen LogP contribution in [0.5, 0.6) is 0 Å². The molecular formula is C11H10BrN3O2. The van der Waals surface area contributed by atoms with Crippen molar-refractivity contribution in [2.24, 2.45) is 0 Å². The molecule has 0 saturated carbocycles. The first-order valence-corrected chi connectivity index (χ1v) is 5.69. The highest BCUT2D eigenvalue weighted by atomic mass is 79.9. The Kier molecular flexibility index (Phi) is 3.14. The maximum atomic E-state index is 11.5. The monoisotopic (exact) mass is 295 g/mol. The van der Waals surface area contributed by atoms with E-state index in [1.165, 1.54) is 10.8 Å². The summed E-state index contributed by atoms with van der Waals surface area (Å²) in [6.45, 7) is 0.360. The number of halogens is 1. The van der Waals surface area contributed by atoms with Gasteiger partial charge in [-0.3, -0.25) is 14.3 Å². The first-order chi connectivity index (χ1) is 8.06. The van der Waals surface area contributed by atoms with Crippen molar-refractivity contribution in [3.63, 3.8) is 0 Å². The summed E-state index contributed by atoms with van der Waals surface area (Å²) in [7, 11) is 0. The third-order valence-electron chi connectivity index (χ3n) is 2.28. The molecule has 0 fully saturated rings. The molecule has 1 aromatic heterocycles. The van der Waals surface area contributed by atoms with E-state index in [9.17, 15) is 9.59 Å². The molecule has 0 unspecified atom stereocenters. The summed E-state index contributed by atoms with van der Waals surface area (Å²) < 4.78 is 2.29. The van der Waals surface area contributed by atoms with E-state index in [0.717, 1.165) is 10.0 Å². The normalized spacial score (nSPS) is 10.4. The number of aromatic nitrogens is 2. The zero-order valence-corrected chi connectivity index (χ0v) is 10.4. The highest BCUT2D eigenvalue weighted by Gasteiger charge is 2.02. The summed E-state index contributed by atoms with van der Waals surface area (Å²) in [5.41, 5.74) is 5.40. The summed E-state index contributed by atoms with van der Waals surface area (Å²) >= 11 is 3.35. The van der Waals surface area contributed by atoms with E-state index in [4.69, 9.17) is 5.73 Å². The Labute approximate surface area is 105 Å². The highest BCUT2D eigenvalue weighted by molar-refractivity contribution is 9.10. The number of H-pyrrole nitrogens is 1. The van der Waals surface area contributed by atoms with Gasteiger partial charge in [0.25, 0.3) is 5.56 Å². The molecule has 0 radical (unpaired) electrons. The van der Waals surface area contributed by atoms with E-state index in [1.54, 1.807) is 0 Å². The second-order valence-electron chi connectivity index (χ2n) is 3.60. The Morgan fingerprint density at radius 1 is 1.35 bits per heavy atom. The first-order valence-electron chi connectivity index (χ1n) is 4.90. The van der Waals surface area contributed by atoms with Gasteiger partial charge in [-0.1, -0.05) is 28.1 Å². The van der Waals surface area contributed by atoms with Crippen LogP contribution in [0.3, 0.4) is 0 Å². The summed E-state index contributed by atoms with van der Waals surface area (Å²) in [6, 6.07) is 7.55. The van der Waals surface area contributed by atoms with Gasteiger partial charge in [-0.15, -0.1) is 0 Å². The molecule has 0 amide bonds. The molecular weight excluding hydrogens is 286 g/mol. The van der Waals surface area contributed by atoms with Crippen molar-refractivity contribution in [3.05, 3.63) is 61.3 Å². The maximum absolute atomic E-state index is 11.5. The summed E-state index contributed by atoms with van der Waals surface area (Å²) in [6.07, 6.45) is 1.35. The zero-order chi connectivity index (χ0) is 12.4. The predicted octanol–water partition coefficient (Wildman–Crippen LogP) is 0.930. The van der Waals surface area contributed by atoms with Crippen LogP contribution in [-0.4, -0.2) is 9.55 Å². The van der Waals surface area contributed by atoms with Crippen LogP contribution in [-0.2, 0) is 6.54 Å². The molecule has 0 aliphatic rings. The van der Waals surface area contributed by atoms with Gasteiger partial charge < -0.3 is 5.73 Å². The molecule has 2 rings (SSSR count). The fourth-order valence-electron chi connectivity index (χ4n) is 1.48. The highest BCUT2D eigenvalue weighted by Crippen LogP contribution is 2.12. The lowest BCUT2D eigenvalue weighted by Crippen LogP contribution is -2.31. The fourth-order valence-corrected chi connectivity index (χ4v) is 1.92. The number of nitrogens with one attached hydrogen (secondary N) is 1. The van der Waals surface area contributed by atoms with Crippen LogP contribution in [0.1, 0.15) is 5.56 Å². The molecule has 0 spiro atoms. The van der Waals surface area contributed by atoms with Gasteiger partial charge in [0.15, 0.2) is 0 Å². The standard InChI is InChI=1S/C11H10BrN3O2/c12-8-3-1-2-7(4-8)5-15-6-9(13)10(16)14-11(15)17/h1-4,6H,5,13H2,(H,14,16,17). The number of hydrogen-bond acceptors (Lipinski definition) is 3. The van der Waals surface area contributed by atoms with Gasteiger partial charge in [0.2, 0.25) is 0 Å². The number of rotatable bonds is 2. The van der Waals surface area contributed by atoms with Gasteiger partial charge in [-0.05, 0) is 17.7 Å². The van der Waals surface area contributed by atoms with Crippen LogP contribution in [0, 0.1) is 0 Å². The van der Waals surface area contributed by atoms with E-state index in [2.05, 4.69) is 20.9 Å². The second-order valence-corrected chi connectivity index (χ2v) is 4.52. The quantitative estimate of drug-likeness (QED) is 0.865. The Bertz CT molecular complexity index is 660. The molecule has 6 heteroatoms. The van der Waals surface area contributed by atoms with Crippen molar-refractivity contribution < 1.29 is 0 Å². The van der Waals surface area contributed by atoms with Crippen LogP contribution in [0.15, 0.2) is 44.5 Å². The minimum absolute atomic E-state index is 0.0274. The van der Waals surface area contributed by atoms with E-state index in [1.807, 2.05) is 24.3 Å². The summed E-state index contributed by atoms with van der Waals surface area (Å²) in [5, 5.41) is 0. The lowest BCUT2D eigenvalue weighted by Gasteiger charge is -2.06. The second kappa shape index (κ2) is 4.58. The van der Waals surface area contributed by atoms with E-state index >= 15 is 0 Å². The number of nitrogens with two attached hydrogens (primary N) is 1. The Hall–Kier alpha value is -1.82. The van der Waals surface area contributed by atoms with Crippen LogP contribution in [0.2, 0.25) is 0 Å². The number of nitrogens with zero attached hydrogens (tertiary/aromatic N) is 1. The van der Waals surface area contributed by atoms with Gasteiger partial charge in [-0.2, -0.15) is 0 Å². The Morgan fingerprint density at radius 3 is 2.82 bits per heavy atom. The van der Waals surface area contributed by atoms with Crippen molar-refractivity contribution in [2.45, 2.75) is 6.54 Å². The first kappa shape index (κ1) is 11.7. The lowest BCUT2D eigenvalue weighted by molar-refractivity contribution is 0.723. The van der Waals surface area contributed by atoms with Gasteiger partial charge in [0.1, 0.15) is 5.69 Å². The van der Waals surface area contributed by atoms with Crippen molar-refractivity contribution in [3.8, 4) is 0 Å². The molecule has 17 heavy (non-hydrogen) atoms. The molecule has 0 bridgehead atoms. The van der Waals surface area contributed by atoms with Crippen molar-refractivity contribution in [1.29, 1.82) is 0 Å². The lowest BCUT2D eigenvalue weighted by atomic mass is 10.2. The van der Waals surface area contributed by atoms with Gasteiger partial charge in [-0.25, -0.2) is 4.79 Å². The molecule has 0 aliphatic heterocycles. The Morgan fingerprint density at radius 2 is 2.12 bits per heavy atom. The minimum Gasteiger partial charge on any atom is -0.393 e. The van der Waals surface area contributed by atoms with Crippen LogP contribution >= 0.6 is 15.9 Å². The van der Waals surface area contributed by atoms with E-state index in [0.29, 0.717) is 6.54 Å². The molecule has 2 aromatic rings. The molecule has 3 N–H and O–H groups in total. The minimum atomic E-state index is -0.555. The third kappa shape index (κ3) is 2.65. The zero-order valence-electron chi connectivity index (χ0n) is 8.81. The maximum Gasteiger partial charge on any atom is 0.328 e. The summed E-state index contributed by atoms with van der Waals surface area (Å²) in [4.78, 5) is 24.8. The average Bonchev–Trinajstić information content (AvgIpc) is 2.26.